The predicted octanol–water partition coefficient (Wildman–Crippen LogP) is 1.62. The van der Waals surface area contributed by atoms with Gasteiger partial charge in [0, 0.05) is 25.8 Å². The molecular formula is C14H19NO4. The summed E-state index contributed by atoms with van der Waals surface area (Å²) in [6.45, 7) is 0.799. The fourth-order valence-corrected chi connectivity index (χ4v) is 1.71. The van der Waals surface area contributed by atoms with Crippen LogP contribution in [0, 0.1) is 0 Å². The third-order valence-corrected chi connectivity index (χ3v) is 2.88. The van der Waals surface area contributed by atoms with Crippen molar-refractivity contribution in [1.82, 2.24) is 4.90 Å². The van der Waals surface area contributed by atoms with E-state index in [0.717, 1.165) is 19.3 Å². The molecule has 0 saturated carbocycles. The number of carboxylic acids is 1. The molecule has 2 N–H and O–H groups in total. The zero-order chi connectivity index (χ0) is 14.3. The van der Waals surface area contributed by atoms with Crippen molar-refractivity contribution in [3.63, 3.8) is 0 Å². The van der Waals surface area contributed by atoms with Gasteiger partial charge in [-0.3, -0.25) is 4.79 Å². The summed E-state index contributed by atoms with van der Waals surface area (Å²) in [5.41, 5.74) is 0.650. The molecule has 0 spiro atoms. The summed E-state index contributed by atoms with van der Waals surface area (Å²) in [5, 5.41) is 17.4. The van der Waals surface area contributed by atoms with Crippen molar-refractivity contribution in [2.45, 2.75) is 19.3 Å². The molecule has 0 bridgehead atoms. The number of benzene rings is 1. The standard InChI is InChI=1S/C14H19NO4/c1-15(9-3-2-4-10-16)13(17)11-5-7-12(8-6-11)14(18)19/h5-8,16H,2-4,9-10H2,1H3,(H,18,19). The summed E-state index contributed by atoms with van der Waals surface area (Å²) < 4.78 is 0. The van der Waals surface area contributed by atoms with Crippen molar-refractivity contribution < 1.29 is 19.8 Å². The topological polar surface area (TPSA) is 77.8 Å². The fourth-order valence-electron chi connectivity index (χ4n) is 1.71. The normalized spacial score (nSPS) is 10.2. The lowest BCUT2D eigenvalue weighted by Crippen LogP contribution is -2.27. The Morgan fingerprint density at radius 2 is 1.63 bits per heavy atom. The highest BCUT2D eigenvalue weighted by atomic mass is 16.4. The molecule has 0 atom stereocenters. The number of carboxylic acid groups (broad SMARTS) is 1. The predicted molar refractivity (Wildman–Crippen MR) is 71.3 cm³/mol. The first-order valence-electron chi connectivity index (χ1n) is 6.26. The Kier molecular flexibility index (Phi) is 6.02. The van der Waals surface area contributed by atoms with Crippen LogP contribution in [0.2, 0.25) is 0 Å². The van der Waals surface area contributed by atoms with E-state index in [1.165, 1.54) is 24.3 Å². The molecule has 5 nitrogen and oxygen atoms in total. The van der Waals surface area contributed by atoms with E-state index < -0.39 is 5.97 Å². The molecule has 0 heterocycles. The molecule has 0 aliphatic heterocycles. The quantitative estimate of drug-likeness (QED) is 0.734. The number of rotatable bonds is 7. The molecule has 5 heteroatoms. The van der Waals surface area contributed by atoms with E-state index in [1.54, 1.807) is 11.9 Å². The lowest BCUT2D eigenvalue weighted by atomic mass is 10.1. The summed E-state index contributed by atoms with van der Waals surface area (Å²) in [6, 6.07) is 5.90. The molecule has 19 heavy (non-hydrogen) atoms. The highest BCUT2D eigenvalue weighted by molar-refractivity contribution is 5.95. The van der Waals surface area contributed by atoms with Gasteiger partial charge in [-0.2, -0.15) is 0 Å². The molecule has 1 aromatic rings. The maximum absolute atomic E-state index is 12.0. The number of carbonyl (C=O) groups is 2. The molecule has 0 unspecified atom stereocenters. The number of hydrogen-bond acceptors (Lipinski definition) is 3. The summed E-state index contributed by atoms with van der Waals surface area (Å²) in [7, 11) is 1.71. The summed E-state index contributed by atoms with van der Waals surface area (Å²) >= 11 is 0. The van der Waals surface area contributed by atoms with Crippen LogP contribution in [-0.4, -0.2) is 47.2 Å². The summed E-state index contributed by atoms with van der Waals surface area (Å²) in [6.07, 6.45) is 2.47. The Balaban J connectivity index is 2.54. The fraction of sp³-hybridized carbons (Fsp3) is 0.429. The Bertz CT molecular complexity index is 428. The zero-order valence-electron chi connectivity index (χ0n) is 11.0. The van der Waals surface area contributed by atoms with Crippen LogP contribution in [0.1, 0.15) is 40.0 Å². The van der Waals surface area contributed by atoms with E-state index in [-0.39, 0.29) is 18.1 Å². The molecule has 0 aromatic heterocycles. The smallest absolute Gasteiger partial charge is 0.335 e. The number of nitrogens with zero attached hydrogens (tertiary/aromatic N) is 1. The van der Waals surface area contributed by atoms with Gasteiger partial charge in [-0.1, -0.05) is 0 Å². The molecule has 0 aliphatic rings. The second kappa shape index (κ2) is 7.53. The van der Waals surface area contributed by atoms with Gasteiger partial charge in [-0.05, 0) is 43.5 Å². The van der Waals surface area contributed by atoms with Crippen LogP contribution in [0.25, 0.3) is 0 Å². The summed E-state index contributed by atoms with van der Waals surface area (Å²) in [5.74, 6) is -1.13. The molecule has 1 amide bonds. The molecule has 0 radical (unpaired) electrons. The van der Waals surface area contributed by atoms with Crippen LogP contribution in [-0.2, 0) is 0 Å². The first-order valence-corrected chi connectivity index (χ1v) is 6.26. The zero-order valence-corrected chi connectivity index (χ0v) is 11.0. The van der Waals surface area contributed by atoms with E-state index >= 15 is 0 Å². The van der Waals surface area contributed by atoms with Crippen LogP contribution in [0.4, 0.5) is 0 Å². The molecular weight excluding hydrogens is 246 g/mol. The van der Waals surface area contributed by atoms with Gasteiger partial charge in [0.1, 0.15) is 0 Å². The van der Waals surface area contributed by atoms with Gasteiger partial charge in [0.15, 0.2) is 0 Å². The number of hydrogen-bond donors (Lipinski definition) is 2. The number of aliphatic hydroxyl groups is 1. The van der Waals surface area contributed by atoms with Crippen molar-refractivity contribution in [1.29, 1.82) is 0 Å². The SMILES string of the molecule is CN(CCCCCO)C(=O)c1ccc(C(=O)O)cc1. The third kappa shape index (κ3) is 4.71. The van der Waals surface area contributed by atoms with Crippen LogP contribution >= 0.6 is 0 Å². The van der Waals surface area contributed by atoms with Crippen molar-refractivity contribution in [2.75, 3.05) is 20.2 Å². The van der Waals surface area contributed by atoms with Gasteiger partial charge in [0.05, 0.1) is 5.56 Å². The minimum atomic E-state index is -1.00. The molecule has 0 aliphatic carbocycles. The Morgan fingerprint density at radius 1 is 1.05 bits per heavy atom. The molecule has 1 rings (SSSR count). The largest absolute Gasteiger partial charge is 0.478 e. The number of aliphatic hydroxyl groups excluding tert-OH is 1. The Hall–Kier alpha value is -1.88. The average Bonchev–Trinajstić information content (AvgIpc) is 2.42. The molecule has 1 aromatic carbocycles. The van der Waals surface area contributed by atoms with Crippen molar-refractivity contribution in [2.24, 2.45) is 0 Å². The molecule has 0 fully saturated rings. The van der Waals surface area contributed by atoms with Crippen LogP contribution in [0.5, 0.6) is 0 Å². The maximum atomic E-state index is 12.0. The maximum Gasteiger partial charge on any atom is 0.335 e. The van der Waals surface area contributed by atoms with Gasteiger partial charge in [-0.15, -0.1) is 0 Å². The lowest BCUT2D eigenvalue weighted by Gasteiger charge is -2.17. The van der Waals surface area contributed by atoms with Crippen LogP contribution in [0.3, 0.4) is 0 Å². The van der Waals surface area contributed by atoms with Gasteiger partial charge in [0.2, 0.25) is 0 Å². The van der Waals surface area contributed by atoms with E-state index in [9.17, 15) is 9.59 Å². The van der Waals surface area contributed by atoms with E-state index in [2.05, 4.69) is 0 Å². The van der Waals surface area contributed by atoms with Gasteiger partial charge in [-0.25, -0.2) is 4.79 Å². The van der Waals surface area contributed by atoms with Gasteiger partial charge in [0.25, 0.3) is 5.91 Å². The van der Waals surface area contributed by atoms with Crippen LogP contribution < -0.4 is 0 Å². The Labute approximate surface area is 112 Å². The Morgan fingerprint density at radius 3 is 2.16 bits per heavy atom. The highest BCUT2D eigenvalue weighted by Crippen LogP contribution is 2.08. The number of amides is 1. The minimum absolute atomic E-state index is 0.124. The second-order valence-electron chi connectivity index (χ2n) is 4.39. The molecule has 0 saturated heterocycles. The average molecular weight is 265 g/mol. The van der Waals surface area contributed by atoms with Gasteiger partial charge < -0.3 is 15.1 Å². The third-order valence-electron chi connectivity index (χ3n) is 2.88. The number of carbonyl (C=O) groups excluding carboxylic acids is 1. The number of aromatic carboxylic acids is 1. The van der Waals surface area contributed by atoms with Gasteiger partial charge >= 0.3 is 5.97 Å². The van der Waals surface area contributed by atoms with Crippen LogP contribution in [0.15, 0.2) is 24.3 Å². The first kappa shape index (κ1) is 15.2. The van der Waals surface area contributed by atoms with E-state index in [0.29, 0.717) is 12.1 Å². The van der Waals surface area contributed by atoms with E-state index in [4.69, 9.17) is 10.2 Å². The minimum Gasteiger partial charge on any atom is -0.478 e. The van der Waals surface area contributed by atoms with Crippen molar-refractivity contribution >= 4 is 11.9 Å². The molecule has 104 valence electrons. The van der Waals surface area contributed by atoms with Crippen molar-refractivity contribution in [3.05, 3.63) is 35.4 Å². The van der Waals surface area contributed by atoms with Crippen molar-refractivity contribution in [3.8, 4) is 0 Å². The lowest BCUT2D eigenvalue weighted by molar-refractivity contribution is 0.0695. The first-order chi connectivity index (χ1) is 9.06. The highest BCUT2D eigenvalue weighted by Gasteiger charge is 2.12. The number of unbranched alkanes of at least 4 members (excludes halogenated alkanes) is 2. The van der Waals surface area contributed by atoms with E-state index in [1.807, 2.05) is 0 Å². The summed E-state index contributed by atoms with van der Waals surface area (Å²) in [4.78, 5) is 24.3. The second-order valence-corrected chi connectivity index (χ2v) is 4.39. The monoisotopic (exact) mass is 265 g/mol.